The average Bonchev–Trinajstić information content (AvgIpc) is 2.62. The lowest BCUT2D eigenvalue weighted by molar-refractivity contribution is -0.125. The first-order valence-corrected chi connectivity index (χ1v) is 9.93. The van der Waals surface area contributed by atoms with E-state index >= 15 is 0 Å². The second-order valence-corrected chi connectivity index (χ2v) is 7.67. The van der Waals surface area contributed by atoms with Crippen molar-refractivity contribution in [3.63, 3.8) is 0 Å². The van der Waals surface area contributed by atoms with Crippen molar-refractivity contribution in [2.45, 2.75) is 43.5 Å². The lowest BCUT2D eigenvalue weighted by Crippen LogP contribution is -2.51. The van der Waals surface area contributed by atoms with Gasteiger partial charge < -0.3 is 10.1 Å². The predicted octanol–water partition coefficient (Wildman–Crippen LogP) is 1.77. The summed E-state index contributed by atoms with van der Waals surface area (Å²) in [5.74, 6) is -0.217. The molecule has 1 aromatic carbocycles. The third-order valence-electron chi connectivity index (χ3n) is 4.07. The first-order chi connectivity index (χ1) is 11.6. The average molecular weight is 354 g/mol. The predicted molar refractivity (Wildman–Crippen MR) is 92.1 cm³/mol. The van der Waals surface area contributed by atoms with E-state index < -0.39 is 16.1 Å². The first-order valence-electron chi connectivity index (χ1n) is 8.49. The molecule has 1 atom stereocenters. The fraction of sp³-hybridized carbons (Fsp3) is 0.588. The molecule has 24 heavy (non-hydrogen) atoms. The zero-order valence-electron chi connectivity index (χ0n) is 14.1. The highest BCUT2D eigenvalue weighted by Gasteiger charge is 2.37. The van der Waals surface area contributed by atoms with Gasteiger partial charge in [-0.3, -0.25) is 4.79 Å². The third-order valence-corrected chi connectivity index (χ3v) is 6.00. The van der Waals surface area contributed by atoms with Gasteiger partial charge in [0, 0.05) is 26.3 Å². The standard InChI is InChI=1S/C17H26N2O4S/c1-2-23-14-8-12-18-17(20)16-11-6-7-13-19(16)24(21,22)15-9-4-3-5-10-15/h3-5,9-10,16H,2,6-8,11-14H2,1H3,(H,18,20). The number of piperidine rings is 1. The maximum atomic E-state index is 12.8. The normalized spacial score (nSPS) is 19.1. The van der Waals surface area contributed by atoms with Gasteiger partial charge in [0.25, 0.3) is 0 Å². The second kappa shape index (κ2) is 9.15. The van der Waals surface area contributed by atoms with Crippen LogP contribution in [-0.2, 0) is 19.6 Å². The topological polar surface area (TPSA) is 75.7 Å². The molecule has 1 saturated heterocycles. The van der Waals surface area contributed by atoms with E-state index in [2.05, 4.69) is 5.32 Å². The Morgan fingerprint density at radius 2 is 2.04 bits per heavy atom. The fourth-order valence-electron chi connectivity index (χ4n) is 2.83. The molecule has 7 heteroatoms. The smallest absolute Gasteiger partial charge is 0.243 e. The minimum Gasteiger partial charge on any atom is -0.382 e. The molecule has 0 aromatic heterocycles. The van der Waals surface area contributed by atoms with E-state index in [4.69, 9.17) is 4.74 Å². The van der Waals surface area contributed by atoms with Crippen LogP contribution >= 0.6 is 0 Å². The SMILES string of the molecule is CCOCCCNC(=O)C1CCCCN1S(=O)(=O)c1ccccc1. The molecule has 1 unspecified atom stereocenters. The molecule has 1 aliphatic rings. The summed E-state index contributed by atoms with van der Waals surface area (Å²) in [5.41, 5.74) is 0. The van der Waals surface area contributed by atoms with Gasteiger partial charge in [-0.2, -0.15) is 4.31 Å². The number of hydrogen-bond acceptors (Lipinski definition) is 4. The Morgan fingerprint density at radius 1 is 1.29 bits per heavy atom. The van der Waals surface area contributed by atoms with Crippen molar-refractivity contribution in [3.05, 3.63) is 30.3 Å². The monoisotopic (exact) mass is 354 g/mol. The van der Waals surface area contributed by atoms with E-state index in [0.29, 0.717) is 32.7 Å². The number of nitrogens with one attached hydrogen (secondary N) is 1. The van der Waals surface area contributed by atoms with Crippen LogP contribution < -0.4 is 5.32 Å². The van der Waals surface area contributed by atoms with Gasteiger partial charge in [-0.25, -0.2) is 8.42 Å². The molecule has 6 nitrogen and oxygen atoms in total. The van der Waals surface area contributed by atoms with E-state index in [1.807, 2.05) is 6.92 Å². The molecule has 0 radical (unpaired) electrons. The molecule has 0 spiro atoms. The number of ether oxygens (including phenoxy) is 1. The van der Waals surface area contributed by atoms with Crippen LogP contribution in [0.4, 0.5) is 0 Å². The van der Waals surface area contributed by atoms with Gasteiger partial charge in [-0.05, 0) is 38.3 Å². The molecular weight excluding hydrogens is 328 g/mol. The van der Waals surface area contributed by atoms with Crippen LogP contribution in [0.25, 0.3) is 0 Å². The summed E-state index contributed by atoms with van der Waals surface area (Å²) >= 11 is 0. The molecule has 1 N–H and O–H groups in total. The Kier molecular flexibility index (Phi) is 7.20. The van der Waals surface area contributed by atoms with Crippen LogP contribution in [0.3, 0.4) is 0 Å². The Bertz CT molecular complexity index is 619. The van der Waals surface area contributed by atoms with Crippen molar-refractivity contribution in [3.8, 4) is 0 Å². The molecule has 1 aromatic rings. The van der Waals surface area contributed by atoms with Crippen molar-refractivity contribution in [2.75, 3.05) is 26.3 Å². The van der Waals surface area contributed by atoms with E-state index in [1.54, 1.807) is 30.3 Å². The molecule has 1 heterocycles. The largest absolute Gasteiger partial charge is 0.382 e. The van der Waals surface area contributed by atoms with E-state index in [9.17, 15) is 13.2 Å². The zero-order valence-corrected chi connectivity index (χ0v) is 14.9. The van der Waals surface area contributed by atoms with Crippen LogP contribution in [0.2, 0.25) is 0 Å². The minimum absolute atomic E-state index is 0.217. The first kappa shape index (κ1) is 18.9. The zero-order chi connectivity index (χ0) is 17.4. The van der Waals surface area contributed by atoms with Crippen molar-refractivity contribution >= 4 is 15.9 Å². The Balaban J connectivity index is 2.03. The summed E-state index contributed by atoms with van der Waals surface area (Å²) < 4.78 is 32.3. The van der Waals surface area contributed by atoms with Crippen LogP contribution in [0, 0.1) is 0 Å². The quantitative estimate of drug-likeness (QED) is 0.722. The highest BCUT2D eigenvalue weighted by Crippen LogP contribution is 2.25. The van der Waals surface area contributed by atoms with Gasteiger partial charge in [0.1, 0.15) is 6.04 Å². The Hall–Kier alpha value is -1.44. The number of nitrogens with zero attached hydrogens (tertiary/aromatic N) is 1. The summed E-state index contributed by atoms with van der Waals surface area (Å²) in [6.45, 7) is 4.04. The van der Waals surface area contributed by atoms with Gasteiger partial charge in [0.2, 0.25) is 15.9 Å². The van der Waals surface area contributed by atoms with E-state index in [-0.39, 0.29) is 10.8 Å². The number of sulfonamides is 1. The van der Waals surface area contributed by atoms with Gasteiger partial charge in [0.15, 0.2) is 0 Å². The van der Waals surface area contributed by atoms with Crippen LogP contribution in [-0.4, -0.2) is 51.0 Å². The van der Waals surface area contributed by atoms with Gasteiger partial charge in [0.05, 0.1) is 4.90 Å². The summed E-state index contributed by atoms with van der Waals surface area (Å²) in [6.07, 6.45) is 2.92. The van der Waals surface area contributed by atoms with Crippen LogP contribution in [0.15, 0.2) is 35.2 Å². The van der Waals surface area contributed by atoms with Crippen molar-refractivity contribution in [2.24, 2.45) is 0 Å². The molecule has 134 valence electrons. The van der Waals surface area contributed by atoms with Crippen LogP contribution in [0.1, 0.15) is 32.6 Å². The molecule has 2 rings (SSSR count). The second-order valence-electron chi connectivity index (χ2n) is 5.78. The number of carbonyl (C=O) groups excluding carboxylic acids is 1. The summed E-state index contributed by atoms with van der Waals surface area (Å²) in [4.78, 5) is 12.7. The van der Waals surface area contributed by atoms with Crippen molar-refractivity contribution < 1.29 is 17.9 Å². The van der Waals surface area contributed by atoms with E-state index in [0.717, 1.165) is 19.3 Å². The maximum Gasteiger partial charge on any atom is 0.243 e. The number of carbonyl (C=O) groups is 1. The number of amides is 1. The van der Waals surface area contributed by atoms with Gasteiger partial charge in [-0.1, -0.05) is 24.6 Å². The molecule has 0 aliphatic carbocycles. The maximum absolute atomic E-state index is 12.8. The summed E-state index contributed by atoms with van der Waals surface area (Å²) in [5, 5.41) is 2.84. The highest BCUT2D eigenvalue weighted by molar-refractivity contribution is 7.89. The van der Waals surface area contributed by atoms with Crippen molar-refractivity contribution in [1.82, 2.24) is 9.62 Å². The number of rotatable bonds is 8. The Labute approximate surface area is 144 Å². The molecule has 0 bridgehead atoms. The summed E-state index contributed by atoms with van der Waals surface area (Å²) in [7, 11) is -3.65. The number of hydrogen-bond donors (Lipinski definition) is 1. The summed E-state index contributed by atoms with van der Waals surface area (Å²) in [6, 6.07) is 7.68. The molecule has 1 amide bonds. The highest BCUT2D eigenvalue weighted by atomic mass is 32.2. The lowest BCUT2D eigenvalue weighted by atomic mass is 10.0. The van der Waals surface area contributed by atoms with E-state index in [1.165, 1.54) is 4.31 Å². The third kappa shape index (κ3) is 4.78. The molecular formula is C17H26N2O4S. The molecule has 0 saturated carbocycles. The Morgan fingerprint density at radius 3 is 2.75 bits per heavy atom. The van der Waals surface area contributed by atoms with Crippen LogP contribution in [0.5, 0.6) is 0 Å². The minimum atomic E-state index is -3.65. The molecule has 1 fully saturated rings. The van der Waals surface area contributed by atoms with Gasteiger partial charge in [-0.15, -0.1) is 0 Å². The van der Waals surface area contributed by atoms with Crippen molar-refractivity contribution in [1.29, 1.82) is 0 Å². The van der Waals surface area contributed by atoms with Gasteiger partial charge >= 0.3 is 0 Å². The number of benzene rings is 1. The fourth-order valence-corrected chi connectivity index (χ4v) is 4.51. The lowest BCUT2D eigenvalue weighted by Gasteiger charge is -2.33. The molecule has 1 aliphatic heterocycles.